The first-order chi connectivity index (χ1) is 8.29. The van der Waals surface area contributed by atoms with Gasteiger partial charge < -0.3 is 4.90 Å². The highest BCUT2D eigenvalue weighted by molar-refractivity contribution is 5.83. The standard InChI is InChI=1S/C13H13N3O/c14-8-9-2-1-5-15-13(9)16-10-3-4-11(16)7-12(17)6-10/h1-2,5,10-11H,3-4,6-7H2/t10-,11+. The number of aromatic nitrogens is 1. The molecule has 0 aliphatic carbocycles. The zero-order valence-electron chi connectivity index (χ0n) is 9.47. The molecule has 2 aliphatic rings. The third-order valence-electron chi connectivity index (χ3n) is 3.70. The third-order valence-corrected chi connectivity index (χ3v) is 3.70. The number of Topliss-reactive ketones (excluding diaryl/α,β-unsaturated/α-hetero) is 1. The van der Waals surface area contributed by atoms with Crippen molar-refractivity contribution in [3.8, 4) is 6.07 Å². The van der Waals surface area contributed by atoms with Gasteiger partial charge in [-0.1, -0.05) is 0 Å². The van der Waals surface area contributed by atoms with E-state index in [1.807, 2.05) is 0 Å². The maximum absolute atomic E-state index is 11.5. The molecule has 1 aromatic rings. The molecule has 3 rings (SSSR count). The number of carbonyl (C=O) groups excluding carboxylic acids is 1. The van der Waals surface area contributed by atoms with Crippen molar-refractivity contribution in [3.63, 3.8) is 0 Å². The maximum Gasteiger partial charge on any atom is 0.146 e. The van der Waals surface area contributed by atoms with Crippen LogP contribution >= 0.6 is 0 Å². The number of piperidine rings is 1. The van der Waals surface area contributed by atoms with Crippen LogP contribution in [0.5, 0.6) is 0 Å². The summed E-state index contributed by atoms with van der Waals surface area (Å²) < 4.78 is 0. The van der Waals surface area contributed by atoms with Crippen molar-refractivity contribution < 1.29 is 4.79 Å². The molecule has 0 radical (unpaired) electrons. The van der Waals surface area contributed by atoms with Crippen molar-refractivity contribution in [2.24, 2.45) is 0 Å². The van der Waals surface area contributed by atoms with E-state index in [1.165, 1.54) is 0 Å². The maximum atomic E-state index is 11.5. The summed E-state index contributed by atoms with van der Waals surface area (Å²) in [5.41, 5.74) is 0.610. The Hall–Kier alpha value is -1.89. The predicted octanol–water partition coefficient (Wildman–Crippen LogP) is 1.65. The molecule has 0 unspecified atom stereocenters. The summed E-state index contributed by atoms with van der Waals surface area (Å²) in [7, 11) is 0. The molecule has 4 heteroatoms. The number of fused-ring (bicyclic) bond motifs is 2. The molecule has 2 bridgehead atoms. The van der Waals surface area contributed by atoms with Gasteiger partial charge in [-0.15, -0.1) is 0 Å². The molecule has 86 valence electrons. The topological polar surface area (TPSA) is 57.0 Å². The Morgan fingerprint density at radius 1 is 1.35 bits per heavy atom. The smallest absolute Gasteiger partial charge is 0.146 e. The quantitative estimate of drug-likeness (QED) is 0.732. The number of anilines is 1. The minimum Gasteiger partial charge on any atom is -0.349 e. The second kappa shape index (κ2) is 3.85. The van der Waals surface area contributed by atoms with E-state index in [2.05, 4.69) is 16.0 Å². The SMILES string of the molecule is N#Cc1cccnc1N1[C@@H]2CC[C@H]1CC(=O)C2. The van der Waals surface area contributed by atoms with E-state index in [4.69, 9.17) is 5.26 Å². The molecule has 3 heterocycles. The number of ketones is 1. The van der Waals surface area contributed by atoms with Crippen LogP contribution in [0.1, 0.15) is 31.2 Å². The Labute approximate surface area is 99.9 Å². The van der Waals surface area contributed by atoms with Gasteiger partial charge in [0, 0.05) is 31.1 Å². The van der Waals surface area contributed by atoms with Gasteiger partial charge in [-0.3, -0.25) is 4.79 Å². The van der Waals surface area contributed by atoms with Crippen molar-refractivity contribution in [2.75, 3.05) is 4.90 Å². The molecule has 0 N–H and O–H groups in total. The molecule has 2 fully saturated rings. The number of hydrogen-bond acceptors (Lipinski definition) is 4. The lowest BCUT2D eigenvalue weighted by atomic mass is 10.0. The van der Waals surface area contributed by atoms with Gasteiger partial charge in [0.2, 0.25) is 0 Å². The van der Waals surface area contributed by atoms with Gasteiger partial charge in [0.1, 0.15) is 17.7 Å². The number of nitriles is 1. The van der Waals surface area contributed by atoms with E-state index >= 15 is 0 Å². The van der Waals surface area contributed by atoms with E-state index in [-0.39, 0.29) is 12.1 Å². The largest absolute Gasteiger partial charge is 0.349 e. The number of carbonyl (C=O) groups is 1. The van der Waals surface area contributed by atoms with Crippen LogP contribution < -0.4 is 4.90 Å². The Bertz CT molecular complexity index is 490. The van der Waals surface area contributed by atoms with Crippen molar-refractivity contribution in [2.45, 2.75) is 37.8 Å². The van der Waals surface area contributed by atoms with Crippen LogP contribution in [-0.4, -0.2) is 22.9 Å². The molecule has 1 aromatic heterocycles. The van der Waals surface area contributed by atoms with Crippen molar-refractivity contribution in [3.05, 3.63) is 23.9 Å². The van der Waals surface area contributed by atoms with Crippen LogP contribution in [0.3, 0.4) is 0 Å². The lowest BCUT2D eigenvalue weighted by molar-refractivity contribution is -0.120. The molecule has 0 saturated carbocycles. The average molecular weight is 227 g/mol. The molecule has 17 heavy (non-hydrogen) atoms. The third kappa shape index (κ3) is 1.59. The van der Waals surface area contributed by atoms with Crippen LogP contribution in [0.25, 0.3) is 0 Å². The Balaban J connectivity index is 2.00. The molecule has 2 saturated heterocycles. The summed E-state index contributed by atoms with van der Waals surface area (Å²) in [6.45, 7) is 0. The number of hydrogen-bond donors (Lipinski definition) is 0. The lowest BCUT2D eigenvalue weighted by Gasteiger charge is -2.35. The van der Waals surface area contributed by atoms with E-state index in [0.717, 1.165) is 18.7 Å². The van der Waals surface area contributed by atoms with Crippen LogP contribution in [0.15, 0.2) is 18.3 Å². The predicted molar refractivity (Wildman–Crippen MR) is 62.5 cm³/mol. The first-order valence-corrected chi connectivity index (χ1v) is 5.94. The van der Waals surface area contributed by atoms with Crippen LogP contribution in [0.4, 0.5) is 5.82 Å². The van der Waals surface area contributed by atoms with Gasteiger partial charge in [0.15, 0.2) is 0 Å². The van der Waals surface area contributed by atoms with Gasteiger partial charge in [-0.2, -0.15) is 5.26 Å². The van der Waals surface area contributed by atoms with Gasteiger partial charge in [0.25, 0.3) is 0 Å². The van der Waals surface area contributed by atoms with E-state index in [9.17, 15) is 4.79 Å². The second-order valence-electron chi connectivity index (χ2n) is 4.73. The molecule has 0 amide bonds. The van der Waals surface area contributed by atoms with Crippen molar-refractivity contribution in [1.82, 2.24) is 4.98 Å². The Kier molecular flexibility index (Phi) is 2.32. The van der Waals surface area contributed by atoms with Crippen LogP contribution in [0.2, 0.25) is 0 Å². The van der Waals surface area contributed by atoms with Crippen LogP contribution in [-0.2, 0) is 4.79 Å². The highest BCUT2D eigenvalue weighted by Crippen LogP contribution is 2.38. The summed E-state index contributed by atoms with van der Waals surface area (Å²) in [5.74, 6) is 1.11. The lowest BCUT2D eigenvalue weighted by Crippen LogP contribution is -2.44. The Morgan fingerprint density at radius 3 is 2.71 bits per heavy atom. The fourth-order valence-electron chi connectivity index (χ4n) is 3.01. The summed E-state index contributed by atoms with van der Waals surface area (Å²) in [4.78, 5) is 18.1. The van der Waals surface area contributed by atoms with Gasteiger partial charge in [-0.25, -0.2) is 4.98 Å². The van der Waals surface area contributed by atoms with E-state index < -0.39 is 0 Å². The fourth-order valence-corrected chi connectivity index (χ4v) is 3.01. The normalized spacial score (nSPS) is 27.0. The molecule has 0 spiro atoms. The van der Waals surface area contributed by atoms with Gasteiger partial charge >= 0.3 is 0 Å². The highest BCUT2D eigenvalue weighted by Gasteiger charge is 2.41. The van der Waals surface area contributed by atoms with Gasteiger partial charge in [0.05, 0.1) is 5.56 Å². The molecule has 2 aliphatic heterocycles. The summed E-state index contributed by atoms with van der Waals surface area (Å²) in [5, 5.41) is 9.11. The molecular weight excluding hydrogens is 214 g/mol. The monoisotopic (exact) mass is 227 g/mol. The Morgan fingerprint density at radius 2 is 2.06 bits per heavy atom. The molecule has 2 atom stereocenters. The fraction of sp³-hybridized carbons (Fsp3) is 0.462. The summed E-state index contributed by atoms with van der Waals surface area (Å²) >= 11 is 0. The minimum absolute atomic E-state index is 0.253. The average Bonchev–Trinajstić information content (AvgIpc) is 2.61. The number of nitrogens with zero attached hydrogens (tertiary/aromatic N) is 3. The second-order valence-corrected chi connectivity index (χ2v) is 4.73. The number of rotatable bonds is 1. The molecule has 0 aromatic carbocycles. The molecular formula is C13H13N3O. The minimum atomic E-state index is 0.253. The highest BCUT2D eigenvalue weighted by atomic mass is 16.1. The number of pyridine rings is 1. The van der Waals surface area contributed by atoms with Crippen molar-refractivity contribution >= 4 is 11.6 Å². The summed E-state index contributed by atoms with van der Waals surface area (Å²) in [6, 6.07) is 6.26. The first-order valence-electron chi connectivity index (χ1n) is 5.94. The van der Waals surface area contributed by atoms with Crippen molar-refractivity contribution in [1.29, 1.82) is 5.26 Å². The van der Waals surface area contributed by atoms with E-state index in [1.54, 1.807) is 18.3 Å². The van der Waals surface area contributed by atoms with E-state index in [0.29, 0.717) is 24.2 Å². The molecule has 4 nitrogen and oxygen atoms in total. The van der Waals surface area contributed by atoms with Gasteiger partial charge in [-0.05, 0) is 25.0 Å². The van der Waals surface area contributed by atoms with Crippen LogP contribution in [0, 0.1) is 11.3 Å². The summed E-state index contributed by atoms with van der Waals surface area (Å²) in [6.07, 6.45) is 5.01. The first kappa shape index (κ1) is 10.3. The zero-order valence-corrected chi connectivity index (χ0v) is 9.47. The zero-order chi connectivity index (χ0) is 11.8.